The average Bonchev–Trinajstić information content (AvgIpc) is 2.64. The van der Waals surface area contributed by atoms with E-state index < -0.39 is 0 Å². The monoisotopic (exact) mass is 370 g/mol. The molecule has 6 heteroatoms. The highest BCUT2D eigenvalue weighted by Crippen LogP contribution is 2.28. The van der Waals surface area contributed by atoms with E-state index in [1.807, 2.05) is 48.5 Å². The summed E-state index contributed by atoms with van der Waals surface area (Å²) in [6, 6.07) is 20.2. The Morgan fingerprint density at radius 3 is 2.60 bits per heavy atom. The van der Waals surface area contributed by atoms with Gasteiger partial charge in [0.15, 0.2) is 0 Å². The minimum Gasteiger partial charge on any atom is -0.437 e. The summed E-state index contributed by atoms with van der Waals surface area (Å²) in [5.41, 5.74) is 0.524. The lowest BCUT2D eigenvalue weighted by molar-refractivity contribution is -0.113. The first-order valence-corrected chi connectivity index (χ1v) is 8.94. The molecule has 126 valence electrons. The Hall–Kier alpha value is -2.50. The van der Waals surface area contributed by atoms with E-state index in [1.54, 1.807) is 24.4 Å². The molecule has 3 aromatic rings. The summed E-state index contributed by atoms with van der Waals surface area (Å²) in [5.74, 6) is 1.09. The lowest BCUT2D eigenvalue weighted by Gasteiger charge is -2.11. The molecule has 1 heterocycles. The fourth-order valence-electron chi connectivity index (χ4n) is 2.06. The fraction of sp³-hybridized carbons (Fsp3) is 0.0526. The van der Waals surface area contributed by atoms with Crippen molar-refractivity contribution in [3.63, 3.8) is 0 Å². The maximum atomic E-state index is 12.2. The number of pyridine rings is 1. The van der Waals surface area contributed by atoms with Gasteiger partial charge >= 0.3 is 0 Å². The van der Waals surface area contributed by atoms with Crippen LogP contribution in [0.5, 0.6) is 11.6 Å². The molecule has 1 N–H and O–H groups in total. The molecule has 0 fully saturated rings. The van der Waals surface area contributed by atoms with Gasteiger partial charge in [0, 0.05) is 11.1 Å². The van der Waals surface area contributed by atoms with Gasteiger partial charge in [0.1, 0.15) is 11.4 Å². The largest absolute Gasteiger partial charge is 0.437 e. The molecule has 4 nitrogen and oxygen atoms in total. The number of rotatable bonds is 6. The molecule has 3 rings (SSSR count). The molecule has 0 atom stereocenters. The number of carbonyl (C=O) groups excluding carboxylic acids is 1. The van der Waals surface area contributed by atoms with Gasteiger partial charge < -0.3 is 10.1 Å². The third-order valence-corrected chi connectivity index (χ3v) is 4.71. The first kappa shape index (κ1) is 17.3. The van der Waals surface area contributed by atoms with Crippen LogP contribution in [0.1, 0.15) is 0 Å². The molecule has 0 saturated heterocycles. The summed E-state index contributed by atoms with van der Waals surface area (Å²) in [7, 11) is 0. The molecular formula is C19H15ClN2O2S. The number of aromatic nitrogens is 1. The minimum absolute atomic E-state index is 0.157. The Kier molecular flexibility index (Phi) is 5.93. The molecular weight excluding hydrogens is 356 g/mol. The van der Waals surface area contributed by atoms with Gasteiger partial charge in [-0.2, -0.15) is 0 Å². The zero-order valence-electron chi connectivity index (χ0n) is 13.2. The van der Waals surface area contributed by atoms with E-state index in [1.165, 1.54) is 11.8 Å². The van der Waals surface area contributed by atoms with Crippen LogP contribution in [-0.2, 0) is 4.79 Å². The van der Waals surface area contributed by atoms with E-state index in [-0.39, 0.29) is 11.7 Å². The van der Waals surface area contributed by atoms with Gasteiger partial charge in [-0.15, -0.1) is 11.8 Å². The van der Waals surface area contributed by atoms with Crippen LogP contribution >= 0.6 is 23.4 Å². The van der Waals surface area contributed by atoms with Gasteiger partial charge in [0.05, 0.1) is 10.8 Å². The van der Waals surface area contributed by atoms with Crippen molar-refractivity contribution in [1.82, 2.24) is 4.98 Å². The SMILES string of the molecule is O=C(CSc1ccccc1Cl)Nc1cccnc1Oc1ccccc1. The van der Waals surface area contributed by atoms with Crippen molar-refractivity contribution in [2.45, 2.75) is 4.90 Å². The summed E-state index contributed by atoms with van der Waals surface area (Å²) in [6.07, 6.45) is 1.62. The molecule has 2 aromatic carbocycles. The number of para-hydroxylation sites is 1. The summed E-state index contributed by atoms with van der Waals surface area (Å²) in [4.78, 5) is 17.3. The standard InChI is InChI=1S/C19H15ClN2O2S/c20-15-9-4-5-11-17(15)25-13-18(23)22-16-10-6-12-21-19(16)24-14-7-2-1-3-8-14/h1-12H,13H2,(H,22,23). The number of ether oxygens (including phenoxy) is 1. The number of hydrogen-bond donors (Lipinski definition) is 1. The molecule has 25 heavy (non-hydrogen) atoms. The van der Waals surface area contributed by atoms with Gasteiger partial charge in [0.2, 0.25) is 11.8 Å². The van der Waals surface area contributed by atoms with Crippen LogP contribution in [0.2, 0.25) is 5.02 Å². The predicted molar refractivity (Wildman–Crippen MR) is 102 cm³/mol. The van der Waals surface area contributed by atoms with Crippen molar-refractivity contribution in [1.29, 1.82) is 0 Å². The number of carbonyl (C=O) groups is 1. The minimum atomic E-state index is -0.157. The first-order chi connectivity index (χ1) is 12.2. The molecule has 1 aromatic heterocycles. The quantitative estimate of drug-likeness (QED) is 0.601. The first-order valence-electron chi connectivity index (χ1n) is 7.57. The number of nitrogens with zero attached hydrogens (tertiary/aromatic N) is 1. The summed E-state index contributed by atoms with van der Waals surface area (Å²) in [6.45, 7) is 0. The van der Waals surface area contributed by atoms with Crippen molar-refractivity contribution in [3.8, 4) is 11.6 Å². The molecule has 0 unspecified atom stereocenters. The molecule has 0 bridgehead atoms. The maximum Gasteiger partial charge on any atom is 0.243 e. The number of benzene rings is 2. The highest BCUT2D eigenvalue weighted by Gasteiger charge is 2.11. The van der Waals surface area contributed by atoms with Gasteiger partial charge in [-0.1, -0.05) is 41.9 Å². The third kappa shape index (κ3) is 4.98. The van der Waals surface area contributed by atoms with Crippen LogP contribution in [0.25, 0.3) is 0 Å². The van der Waals surface area contributed by atoms with Gasteiger partial charge in [-0.25, -0.2) is 4.98 Å². The number of halogens is 1. The van der Waals surface area contributed by atoms with Gasteiger partial charge in [0.25, 0.3) is 0 Å². The second-order valence-corrected chi connectivity index (χ2v) is 6.46. The Bertz CT molecular complexity index is 859. The molecule has 0 saturated carbocycles. The topological polar surface area (TPSA) is 51.2 Å². The maximum absolute atomic E-state index is 12.2. The van der Waals surface area contributed by atoms with Crippen LogP contribution in [0.15, 0.2) is 77.8 Å². The van der Waals surface area contributed by atoms with E-state index in [0.29, 0.717) is 22.3 Å². The van der Waals surface area contributed by atoms with Gasteiger partial charge in [-0.3, -0.25) is 4.79 Å². The number of nitrogens with one attached hydrogen (secondary N) is 1. The van der Waals surface area contributed by atoms with Crippen molar-refractivity contribution >= 4 is 35.0 Å². The molecule has 0 spiro atoms. The number of anilines is 1. The zero-order valence-corrected chi connectivity index (χ0v) is 14.8. The van der Waals surface area contributed by atoms with Crippen LogP contribution in [0.3, 0.4) is 0 Å². The lowest BCUT2D eigenvalue weighted by Crippen LogP contribution is -2.14. The molecule has 0 aliphatic rings. The summed E-state index contributed by atoms with van der Waals surface area (Å²) in [5, 5.41) is 3.46. The fourth-order valence-corrected chi connectivity index (χ4v) is 3.10. The Balaban J connectivity index is 1.64. The van der Waals surface area contributed by atoms with Crippen molar-refractivity contribution in [2.24, 2.45) is 0 Å². The Labute approximate surface area is 155 Å². The second-order valence-electron chi connectivity index (χ2n) is 5.04. The van der Waals surface area contributed by atoms with E-state index in [9.17, 15) is 4.79 Å². The van der Waals surface area contributed by atoms with Crippen molar-refractivity contribution in [3.05, 3.63) is 77.9 Å². The van der Waals surface area contributed by atoms with Gasteiger partial charge in [-0.05, 0) is 36.4 Å². The molecule has 1 amide bonds. The Morgan fingerprint density at radius 2 is 1.80 bits per heavy atom. The Morgan fingerprint density at radius 1 is 1.04 bits per heavy atom. The normalized spacial score (nSPS) is 10.3. The lowest BCUT2D eigenvalue weighted by atomic mass is 10.3. The number of amides is 1. The van der Waals surface area contributed by atoms with Crippen molar-refractivity contribution in [2.75, 3.05) is 11.1 Å². The molecule has 0 radical (unpaired) electrons. The third-order valence-electron chi connectivity index (χ3n) is 3.20. The molecule has 0 aliphatic carbocycles. The number of thioether (sulfide) groups is 1. The predicted octanol–water partition coefficient (Wildman–Crippen LogP) is 5.26. The highest BCUT2D eigenvalue weighted by atomic mass is 35.5. The zero-order chi connectivity index (χ0) is 17.5. The van der Waals surface area contributed by atoms with Crippen LogP contribution in [-0.4, -0.2) is 16.6 Å². The summed E-state index contributed by atoms with van der Waals surface area (Å²) >= 11 is 7.48. The average molecular weight is 371 g/mol. The van der Waals surface area contributed by atoms with E-state index in [0.717, 1.165) is 4.90 Å². The van der Waals surface area contributed by atoms with Crippen LogP contribution in [0, 0.1) is 0 Å². The van der Waals surface area contributed by atoms with Crippen LogP contribution in [0.4, 0.5) is 5.69 Å². The molecule has 0 aliphatic heterocycles. The number of hydrogen-bond acceptors (Lipinski definition) is 4. The van der Waals surface area contributed by atoms with E-state index in [4.69, 9.17) is 16.3 Å². The van der Waals surface area contributed by atoms with E-state index >= 15 is 0 Å². The second kappa shape index (κ2) is 8.55. The smallest absolute Gasteiger partial charge is 0.243 e. The van der Waals surface area contributed by atoms with E-state index in [2.05, 4.69) is 10.3 Å². The van der Waals surface area contributed by atoms with Crippen LogP contribution < -0.4 is 10.1 Å². The highest BCUT2D eigenvalue weighted by molar-refractivity contribution is 8.00. The summed E-state index contributed by atoms with van der Waals surface area (Å²) < 4.78 is 5.74. The van der Waals surface area contributed by atoms with Crippen molar-refractivity contribution < 1.29 is 9.53 Å².